The lowest BCUT2D eigenvalue weighted by Gasteiger charge is -2.71. The number of aliphatic hydroxyl groups is 13. The highest BCUT2D eigenvalue weighted by molar-refractivity contribution is 5.80. The van der Waals surface area contributed by atoms with Crippen molar-refractivity contribution in [1.29, 1.82) is 0 Å². The quantitative estimate of drug-likeness (QED) is 0.0598. The third-order valence-corrected chi connectivity index (χ3v) is 22.5. The Morgan fingerprint density at radius 2 is 1.15 bits per heavy atom. The standard InChI is InChI=1S/C58H92O26/c1-23-43(81-48-40(69)35(64)28(22-77-48)79-47-39(68)33(62)26(59)20-75-47)38(67)42(71)49(78-23)83-45-34(63)27(60)21-76-51(45)84-52(73)58-17-16-53(2,3)18-25(58)24-10-11-30-55(6)14-13-32(80-50-41(70)36(65)37(66)44(82-50)46(72)74-9)54(4,5)29(55)12-15-56(30,7)57(24,8)19-31(58)61/h10,23,25-45,47-51,59-71H,11-22H2,1-9H3/t23?,25-,26?,27?,28?,29-,30+,31+,32-,33?,34?,35?,36?,37?,38?,39?,40?,41?,42?,43?,44?,45?,47?,48?,49?,50?,51?,55-,56+,57+,58+/m0/s1. The van der Waals surface area contributed by atoms with Crippen molar-refractivity contribution in [2.45, 2.75) is 261 Å². The first kappa shape index (κ1) is 64.8. The third-order valence-electron chi connectivity index (χ3n) is 22.5. The number of aliphatic hydroxyl groups excluding tert-OH is 13. The van der Waals surface area contributed by atoms with E-state index in [4.69, 9.17) is 52.1 Å². The van der Waals surface area contributed by atoms with Crippen molar-refractivity contribution in [2.24, 2.45) is 50.2 Å². The van der Waals surface area contributed by atoms with E-state index < -0.39 is 195 Å². The van der Waals surface area contributed by atoms with Gasteiger partial charge in [-0.2, -0.15) is 0 Å². The van der Waals surface area contributed by atoms with Gasteiger partial charge in [0.05, 0.1) is 45.2 Å². The topological polar surface area (TPSA) is 399 Å². The number of methoxy groups -OCH3 is 1. The highest BCUT2D eigenvalue weighted by Crippen LogP contribution is 2.76. The van der Waals surface area contributed by atoms with Gasteiger partial charge < -0.3 is 118 Å². The van der Waals surface area contributed by atoms with Gasteiger partial charge >= 0.3 is 11.9 Å². The zero-order chi connectivity index (χ0) is 61.3. The van der Waals surface area contributed by atoms with E-state index in [0.717, 1.165) is 31.9 Å². The van der Waals surface area contributed by atoms with Crippen LogP contribution in [0.2, 0.25) is 0 Å². The van der Waals surface area contributed by atoms with E-state index in [1.165, 1.54) is 6.92 Å². The van der Waals surface area contributed by atoms with Gasteiger partial charge in [0, 0.05) is 0 Å². The molecule has 31 atom stereocenters. The Hall–Kier alpha value is -2.20. The number of rotatable bonds is 11. The molecule has 5 aliphatic carbocycles. The van der Waals surface area contributed by atoms with Gasteiger partial charge in [0.25, 0.3) is 0 Å². The van der Waals surface area contributed by atoms with Gasteiger partial charge in [-0.3, -0.25) is 4.79 Å². The summed E-state index contributed by atoms with van der Waals surface area (Å²) in [5.41, 5.74) is -2.42. The predicted octanol–water partition coefficient (Wildman–Crippen LogP) is -2.11. The molecule has 5 aliphatic heterocycles. The monoisotopic (exact) mass is 1200 g/mol. The largest absolute Gasteiger partial charge is 0.467 e. The highest BCUT2D eigenvalue weighted by atomic mass is 16.8. The normalized spacial score (nSPS) is 53.6. The Kier molecular flexibility index (Phi) is 18.2. The Balaban J connectivity index is 0.833. The Morgan fingerprint density at radius 1 is 0.560 bits per heavy atom. The Morgan fingerprint density at radius 3 is 1.85 bits per heavy atom. The van der Waals surface area contributed by atoms with Crippen LogP contribution in [0, 0.1) is 50.2 Å². The molecular formula is C58H92O26. The summed E-state index contributed by atoms with van der Waals surface area (Å²) in [5, 5.41) is 143. The fraction of sp³-hybridized carbons (Fsp3) is 0.931. The predicted molar refractivity (Wildman–Crippen MR) is 282 cm³/mol. The van der Waals surface area contributed by atoms with Crippen molar-refractivity contribution >= 4 is 11.9 Å². The maximum atomic E-state index is 15.4. The van der Waals surface area contributed by atoms with E-state index in [2.05, 4.69) is 54.5 Å². The van der Waals surface area contributed by atoms with Crippen LogP contribution >= 0.6 is 0 Å². The summed E-state index contributed by atoms with van der Waals surface area (Å²) in [7, 11) is 1.14. The van der Waals surface area contributed by atoms with Crippen LogP contribution < -0.4 is 0 Å². The molecule has 0 radical (unpaired) electrons. The number of hydrogen-bond acceptors (Lipinski definition) is 26. The first-order valence-electron chi connectivity index (χ1n) is 29.9. The molecule has 10 aliphatic rings. The summed E-state index contributed by atoms with van der Waals surface area (Å²) < 4.78 is 63.8. The number of hydrogen-bond donors (Lipinski definition) is 13. The fourth-order valence-electron chi connectivity index (χ4n) is 17.3. The number of allylic oxidation sites excluding steroid dienone is 2. The van der Waals surface area contributed by atoms with Gasteiger partial charge in [-0.25, -0.2) is 4.79 Å². The molecule has 0 aromatic carbocycles. The van der Waals surface area contributed by atoms with Gasteiger partial charge in [0.1, 0.15) is 90.9 Å². The lowest BCUT2D eigenvalue weighted by atomic mass is 9.33. The molecule has 0 amide bonds. The summed E-state index contributed by atoms with van der Waals surface area (Å²) in [6.07, 6.45) is -29.9. The first-order chi connectivity index (χ1) is 39.3. The second-order valence-electron chi connectivity index (χ2n) is 28.0. The van der Waals surface area contributed by atoms with E-state index in [1.807, 2.05) is 0 Å². The lowest BCUT2D eigenvalue weighted by Crippen LogP contribution is -2.68. The van der Waals surface area contributed by atoms with Crippen LogP contribution in [0.25, 0.3) is 0 Å². The van der Waals surface area contributed by atoms with E-state index >= 15 is 4.79 Å². The first-order valence-corrected chi connectivity index (χ1v) is 29.9. The Labute approximate surface area is 488 Å². The van der Waals surface area contributed by atoms with Crippen LogP contribution in [0.4, 0.5) is 0 Å². The molecule has 10 rings (SSSR count). The van der Waals surface area contributed by atoms with Gasteiger partial charge in [0.15, 0.2) is 37.4 Å². The molecule has 0 bridgehead atoms. The smallest absolute Gasteiger partial charge is 0.337 e. The summed E-state index contributed by atoms with van der Waals surface area (Å²) in [6, 6.07) is 0. The summed E-state index contributed by atoms with van der Waals surface area (Å²) in [6.45, 7) is 15.6. The average Bonchev–Trinajstić information content (AvgIpc) is 0.715. The maximum Gasteiger partial charge on any atom is 0.337 e. The molecular weight excluding hydrogens is 1110 g/mol. The fourth-order valence-corrected chi connectivity index (χ4v) is 17.3. The van der Waals surface area contributed by atoms with Crippen molar-refractivity contribution in [3.8, 4) is 0 Å². The van der Waals surface area contributed by atoms with Crippen LogP contribution in [0.3, 0.4) is 0 Å². The maximum absolute atomic E-state index is 15.4. The molecule has 480 valence electrons. The summed E-state index contributed by atoms with van der Waals surface area (Å²) in [4.78, 5) is 28.0. The molecule has 4 saturated carbocycles. The minimum Gasteiger partial charge on any atom is -0.467 e. The zero-order valence-corrected chi connectivity index (χ0v) is 49.3. The number of esters is 2. The highest BCUT2D eigenvalue weighted by Gasteiger charge is 2.72. The van der Waals surface area contributed by atoms with Gasteiger partial charge in [0.2, 0.25) is 6.29 Å². The zero-order valence-electron chi connectivity index (χ0n) is 49.3. The van der Waals surface area contributed by atoms with Crippen LogP contribution in [0.15, 0.2) is 11.6 Å². The van der Waals surface area contributed by atoms with E-state index in [1.54, 1.807) is 0 Å². The number of fused-ring (bicyclic) bond motifs is 7. The van der Waals surface area contributed by atoms with Crippen LogP contribution in [0.5, 0.6) is 0 Å². The van der Waals surface area contributed by atoms with Gasteiger partial charge in [-0.05, 0) is 110 Å². The van der Waals surface area contributed by atoms with Gasteiger partial charge in [-0.1, -0.05) is 60.1 Å². The molecule has 9 fully saturated rings. The van der Waals surface area contributed by atoms with Crippen molar-refractivity contribution in [3.63, 3.8) is 0 Å². The molecule has 5 saturated heterocycles. The lowest BCUT2D eigenvalue weighted by molar-refractivity contribution is -0.373. The number of carbonyl (C=O) groups excluding carboxylic acids is 2. The van der Waals surface area contributed by atoms with Crippen molar-refractivity contribution in [3.05, 3.63) is 11.6 Å². The second kappa shape index (κ2) is 23.6. The van der Waals surface area contributed by atoms with E-state index in [-0.39, 0.29) is 47.5 Å². The van der Waals surface area contributed by atoms with Crippen molar-refractivity contribution in [2.75, 3.05) is 26.9 Å². The van der Waals surface area contributed by atoms with Gasteiger partial charge in [-0.15, -0.1) is 0 Å². The molecule has 26 nitrogen and oxygen atoms in total. The van der Waals surface area contributed by atoms with Crippen molar-refractivity contribution < 1.29 is 128 Å². The molecule has 0 spiro atoms. The minimum absolute atomic E-state index is 0.0939. The Bertz CT molecular complexity index is 2400. The summed E-state index contributed by atoms with van der Waals surface area (Å²) >= 11 is 0. The molecule has 26 heteroatoms. The van der Waals surface area contributed by atoms with Crippen LogP contribution in [-0.4, -0.2) is 253 Å². The molecule has 0 aromatic rings. The van der Waals surface area contributed by atoms with Crippen LogP contribution in [-0.2, 0) is 61.7 Å². The molecule has 0 aromatic heterocycles. The molecule has 5 heterocycles. The minimum atomic E-state index is -1.95. The second-order valence-corrected chi connectivity index (χ2v) is 28.0. The number of carbonyl (C=O) groups is 2. The molecule has 84 heavy (non-hydrogen) atoms. The SMILES string of the molecule is COC(=O)C1OC(O[C@H]2CC[C@]3(C)[C@H]4CC=C5[C@@H]6CC(C)(C)CC[C@]6(C(=O)OC6OCC(O)C(O)C6OC6OC(C)C(OC7OCC(OC8OCC(O)C(O)C8O)C(O)C7O)C(O)C6O)[C@H](O)C[C@@]5(C)[C@]4(C)CC[C@H]3C2(C)C)C(O)C(O)C1O. The van der Waals surface area contributed by atoms with E-state index in [9.17, 15) is 71.2 Å². The van der Waals surface area contributed by atoms with Crippen molar-refractivity contribution in [1.82, 2.24) is 0 Å². The number of ether oxygens (including phenoxy) is 11. The molecule has 22 unspecified atom stereocenters. The molecule has 13 N–H and O–H groups in total. The van der Waals surface area contributed by atoms with Crippen LogP contribution in [0.1, 0.15) is 113 Å². The third kappa shape index (κ3) is 10.6. The summed E-state index contributed by atoms with van der Waals surface area (Å²) in [5.74, 6) is -1.99. The average molecular weight is 1210 g/mol. The van der Waals surface area contributed by atoms with E-state index in [0.29, 0.717) is 25.7 Å².